The van der Waals surface area contributed by atoms with Crippen molar-refractivity contribution in [3.8, 4) is 0 Å². The maximum atomic E-state index is 10.7. The minimum absolute atomic E-state index is 0.154. The van der Waals surface area contributed by atoms with Crippen molar-refractivity contribution in [3.63, 3.8) is 0 Å². The second-order valence-electron chi connectivity index (χ2n) is 3.44. The fourth-order valence-corrected chi connectivity index (χ4v) is 2.16. The zero-order valence-corrected chi connectivity index (χ0v) is 7.27. The molecule has 1 atom stereocenters. The highest BCUT2D eigenvalue weighted by atomic mass is 31.2. The van der Waals surface area contributed by atoms with Crippen LogP contribution in [0.3, 0.4) is 0 Å². The molecule has 0 bridgehead atoms. The minimum atomic E-state index is -2.91. The molecule has 53 valence electrons. The van der Waals surface area contributed by atoms with Crippen LogP contribution in [0, 0.1) is 0 Å². The summed E-state index contributed by atoms with van der Waals surface area (Å²) in [6.45, 7) is 8.54. The molecular formula is C5H13BO2P. The third-order valence-electron chi connectivity index (χ3n) is 0.627. The monoisotopic (exact) mass is 147 g/mol. The summed E-state index contributed by atoms with van der Waals surface area (Å²) < 4.78 is 10.7. The van der Waals surface area contributed by atoms with Gasteiger partial charge in [0.05, 0.1) is 0 Å². The van der Waals surface area contributed by atoms with E-state index in [1.165, 1.54) is 13.7 Å². The topological polar surface area (TPSA) is 37.3 Å². The van der Waals surface area contributed by atoms with Crippen LogP contribution in [-0.4, -0.2) is 18.6 Å². The van der Waals surface area contributed by atoms with E-state index in [1.807, 2.05) is 20.8 Å². The highest BCUT2D eigenvalue weighted by Crippen LogP contribution is 2.42. The highest BCUT2D eigenvalue weighted by molar-refractivity contribution is 7.86. The Bertz CT molecular complexity index is 132. The first-order valence-electron chi connectivity index (χ1n) is 2.88. The predicted octanol–water partition coefficient (Wildman–Crippen LogP) is 1.72. The Hall–Kier alpha value is 0.255. The van der Waals surface area contributed by atoms with Crippen molar-refractivity contribution < 1.29 is 9.46 Å². The highest BCUT2D eigenvalue weighted by Gasteiger charge is 2.23. The lowest BCUT2D eigenvalue weighted by atomic mass is 9.73. The van der Waals surface area contributed by atoms with Crippen molar-refractivity contribution in [1.29, 1.82) is 0 Å². The van der Waals surface area contributed by atoms with Gasteiger partial charge < -0.3 is 9.46 Å². The average Bonchev–Trinajstić information content (AvgIpc) is 1.14. The largest absolute Gasteiger partial charge is 0.352 e. The Morgan fingerprint density at radius 2 is 1.78 bits per heavy atom. The maximum Gasteiger partial charge on any atom is 0.239 e. The van der Waals surface area contributed by atoms with E-state index in [0.717, 1.165) is 0 Å². The summed E-state index contributed by atoms with van der Waals surface area (Å²) in [6.07, 6.45) is 0. The van der Waals surface area contributed by atoms with Crippen molar-refractivity contribution in [2.24, 2.45) is 0 Å². The average molecular weight is 147 g/mol. The van der Waals surface area contributed by atoms with Gasteiger partial charge in [0.2, 0.25) is 7.00 Å². The smallest absolute Gasteiger partial charge is 0.239 e. The van der Waals surface area contributed by atoms with E-state index in [1.54, 1.807) is 0 Å². The molecule has 9 heavy (non-hydrogen) atoms. The summed E-state index contributed by atoms with van der Waals surface area (Å²) >= 11 is 0. The van der Waals surface area contributed by atoms with E-state index in [4.69, 9.17) is 4.89 Å². The zero-order valence-electron chi connectivity index (χ0n) is 6.38. The Balaban J connectivity index is 3.90. The molecule has 0 saturated carbocycles. The summed E-state index contributed by atoms with van der Waals surface area (Å²) in [7, 11) is -2.91. The zero-order chi connectivity index (χ0) is 7.71. The number of hydrogen-bond donors (Lipinski definition) is 1. The summed E-state index contributed by atoms with van der Waals surface area (Å²) in [5, 5.41) is -0.154. The van der Waals surface area contributed by atoms with E-state index in [-0.39, 0.29) is 5.31 Å². The summed E-state index contributed by atoms with van der Waals surface area (Å²) in [4.78, 5) is 8.85. The lowest BCUT2D eigenvalue weighted by Gasteiger charge is -2.17. The third-order valence-corrected chi connectivity index (χ3v) is 1.88. The van der Waals surface area contributed by atoms with Gasteiger partial charge in [-0.1, -0.05) is 26.1 Å². The quantitative estimate of drug-likeness (QED) is 0.452. The molecule has 0 aromatic rings. The molecule has 0 amide bonds. The molecule has 4 heteroatoms. The van der Waals surface area contributed by atoms with E-state index in [9.17, 15) is 4.57 Å². The molecule has 1 radical (unpaired) electrons. The van der Waals surface area contributed by atoms with Crippen LogP contribution in [0.5, 0.6) is 0 Å². The molecule has 0 aromatic heterocycles. The van der Waals surface area contributed by atoms with Crippen LogP contribution in [-0.2, 0) is 4.57 Å². The van der Waals surface area contributed by atoms with Gasteiger partial charge in [0.1, 0.15) is 7.25 Å². The van der Waals surface area contributed by atoms with E-state index in [0.29, 0.717) is 0 Å². The third kappa shape index (κ3) is 8.25. The summed E-state index contributed by atoms with van der Waals surface area (Å²) in [6, 6.07) is 0. The summed E-state index contributed by atoms with van der Waals surface area (Å²) in [5.74, 6) is 0. The van der Waals surface area contributed by atoms with E-state index in [2.05, 4.69) is 0 Å². The lowest BCUT2D eigenvalue weighted by molar-refractivity contribution is 0.499. The van der Waals surface area contributed by atoms with Crippen molar-refractivity contribution in [3.05, 3.63) is 0 Å². The first-order valence-corrected chi connectivity index (χ1v) is 5.05. The fourth-order valence-electron chi connectivity index (χ4n) is 0.719. The Labute approximate surface area is 57.3 Å². The normalized spacial score (nSPS) is 18.8. The van der Waals surface area contributed by atoms with Gasteiger partial charge in [0.25, 0.3) is 0 Å². The van der Waals surface area contributed by atoms with Crippen LogP contribution in [0.25, 0.3) is 0 Å². The van der Waals surface area contributed by atoms with Gasteiger partial charge in [0.15, 0.2) is 0 Å². The first kappa shape index (κ1) is 9.25. The number of hydrogen-bond acceptors (Lipinski definition) is 1. The molecule has 2 nitrogen and oxygen atoms in total. The van der Waals surface area contributed by atoms with Gasteiger partial charge in [-0.2, -0.15) is 0 Å². The Kier molecular flexibility index (Phi) is 2.54. The van der Waals surface area contributed by atoms with E-state index >= 15 is 0 Å². The predicted molar refractivity (Wildman–Crippen MR) is 41.2 cm³/mol. The van der Waals surface area contributed by atoms with Crippen molar-refractivity contribution in [2.45, 2.75) is 26.1 Å². The van der Waals surface area contributed by atoms with Crippen LogP contribution >= 0.6 is 7.25 Å². The van der Waals surface area contributed by atoms with Crippen LogP contribution in [0.1, 0.15) is 20.8 Å². The molecule has 1 unspecified atom stereocenters. The minimum Gasteiger partial charge on any atom is -0.352 e. The van der Waals surface area contributed by atoms with Crippen LogP contribution in [0.2, 0.25) is 5.31 Å². The molecular weight excluding hydrogens is 134 g/mol. The molecule has 0 spiro atoms. The van der Waals surface area contributed by atoms with Gasteiger partial charge in [0, 0.05) is 6.66 Å². The Morgan fingerprint density at radius 3 is 1.78 bits per heavy atom. The molecule has 1 N–H and O–H groups in total. The standard InChI is InChI=1S/C5H13BO2P/c1-5(2,3)6-9(4,7)8/h1-4H3,(H,7,8). The second kappa shape index (κ2) is 2.47. The second-order valence-corrected chi connectivity index (χ2v) is 5.58. The van der Waals surface area contributed by atoms with Crippen LogP contribution in [0.4, 0.5) is 0 Å². The van der Waals surface area contributed by atoms with Crippen LogP contribution < -0.4 is 0 Å². The first-order chi connectivity index (χ1) is 3.71. The molecule has 0 heterocycles. The van der Waals surface area contributed by atoms with Gasteiger partial charge in [-0.15, -0.1) is 0 Å². The van der Waals surface area contributed by atoms with Crippen molar-refractivity contribution in [2.75, 3.05) is 6.66 Å². The molecule has 0 aliphatic heterocycles. The Morgan fingerprint density at radius 1 is 1.44 bits per heavy atom. The van der Waals surface area contributed by atoms with Crippen molar-refractivity contribution >= 4 is 14.2 Å². The molecule has 0 aromatic carbocycles. The van der Waals surface area contributed by atoms with Crippen LogP contribution in [0.15, 0.2) is 0 Å². The van der Waals surface area contributed by atoms with Gasteiger partial charge in [-0.3, -0.25) is 0 Å². The molecule has 0 rings (SSSR count). The van der Waals surface area contributed by atoms with Gasteiger partial charge >= 0.3 is 0 Å². The number of rotatable bonds is 1. The molecule has 0 aliphatic rings. The SMILES string of the molecule is CC(C)(C)[B]P(C)(=O)O. The van der Waals surface area contributed by atoms with Gasteiger partial charge in [-0.25, -0.2) is 0 Å². The molecule has 0 fully saturated rings. The summed E-state index contributed by atoms with van der Waals surface area (Å²) in [5.41, 5.74) is 0. The van der Waals surface area contributed by atoms with E-state index < -0.39 is 7.25 Å². The molecule has 0 saturated heterocycles. The maximum absolute atomic E-state index is 10.7. The van der Waals surface area contributed by atoms with Crippen molar-refractivity contribution in [1.82, 2.24) is 0 Å². The lowest BCUT2D eigenvalue weighted by Crippen LogP contribution is -2.07. The van der Waals surface area contributed by atoms with Gasteiger partial charge in [-0.05, 0) is 0 Å². The molecule has 0 aliphatic carbocycles. The fraction of sp³-hybridized carbons (Fsp3) is 1.00.